The van der Waals surface area contributed by atoms with Crippen LogP contribution in [0.1, 0.15) is 5.56 Å². The van der Waals surface area contributed by atoms with Crippen LogP contribution in [0.15, 0.2) is 59.6 Å². The normalized spacial score (nSPS) is 11.7. The Labute approximate surface area is 168 Å². The van der Waals surface area contributed by atoms with Gasteiger partial charge in [-0.2, -0.15) is 0 Å². The summed E-state index contributed by atoms with van der Waals surface area (Å²) in [6.07, 6.45) is 1.45. The molecule has 3 aromatic rings. The standard InChI is InChI=1S/C19H16ClF2N3O2S/c1-27-18-9-8-12(10-23-18)25-28(26)17-7-3-6-16(22)19(17)24-11-13-14(20)4-2-5-15(13)21/h2-10,24-25H,11H2,1H3. The van der Waals surface area contributed by atoms with Gasteiger partial charge in [0.25, 0.3) is 0 Å². The van der Waals surface area contributed by atoms with E-state index in [0.717, 1.165) is 0 Å². The number of hydrogen-bond acceptors (Lipinski definition) is 4. The summed E-state index contributed by atoms with van der Waals surface area (Å²) < 4.78 is 48.8. The Hall–Kier alpha value is -2.71. The summed E-state index contributed by atoms with van der Waals surface area (Å²) in [7, 11) is -0.307. The molecule has 0 saturated carbocycles. The molecule has 5 nitrogen and oxygen atoms in total. The van der Waals surface area contributed by atoms with Crippen molar-refractivity contribution in [1.82, 2.24) is 4.98 Å². The number of hydrogen-bond donors (Lipinski definition) is 2. The van der Waals surface area contributed by atoms with Crippen LogP contribution in [0, 0.1) is 11.6 Å². The number of pyridine rings is 1. The molecule has 0 bridgehead atoms. The van der Waals surface area contributed by atoms with Crippen molar-refractivity contribution in [2.75, 3.05) is 17.1 Å². The van der Waals surface area contributed by atoms with Gasteiger partial charge in [-0.05, 0) is 30.3 Å². The van der Waals surface area contributed by atoms with Gasteiger partial charge < -0.3 is 10.1 Å². The highest BCUT2D eigenvalue weighted by atomic mass is 35.5. The summed E-state index contributed by atoms with van der Waals surface area (Å²) in [4.78, 5) is 4.18. The Balaban J connectivity index is 1.82. The molecular weight excluding hydrogens is 408 g/mol. The number of ether oxygens (including phenoxy) is 1. The summed E-state index contributed by atoms with van der Waals surface area (Å²) in [6.45, 7) is -0.0687. The molecule has 0 aliphatic rings. The second-order valence-electron chi connectivity index (χ2n) is 5.63. The molecule has 1 aromatic heterocycles. The van der Waals surface area contributed by atoms with E-state index >= 15 is 0 Å². The van der Waals surface area contributed by atoms with Crippen molar-refractivity contribution < 1.29 is 17.7 Å². The average Bonchev–Trinajstić information content (AvgIpc) is 2.69. The maximum atomic E-state index is 14.4. The van der Waals surface area contributed by atoms with Gasteiger partial charge in [-0.1, -0.05) is 23.7 Å². The molecule has 3 rings (SSSR count). The fourth-order valence-electron chi connectivity index (χ4n) is 2.43. The number of rotatable bonds is 7. The minimum Gasteiger partial charge on any atom is -0.481 e. The van der Waals surface area contributed by atoms with E-state index in [1.165, 1.54) is 43.6 Å². The van der Waals surface area contributed by atoms with Crippen LogP contribution in [0.2, 0.25) is 5.02 Å². The van der Waals surface area contributed by atoms with E-state index in [-0.39, 0.29) is 27.7 Å². The fourth-order valence-corrected chi connectivity index (χ4v) is 3.66. The van der Waals surface area contributed by atoms with Crippen molar-refractivity contribution >= 4 is 34.0 Å². The lowest BCUT2D eigenvalue weighted by atomic mass is 10.2. The quantitative estimate of drug-likeness (QED) is 0.574. The molecule has 0 fully saturated rings. The van der Waals surface area contributed by atoms with Crippen LogP contribution in [0.4, 0.5) is 20.2 Å². The fraction of sp³-hybridized carbons (Fsp3) is 0.105. The zero-order chi connectivity index (χ0) is 20.1. The van der Waals surface area contributed by atoms with Crippen LogP contribution in [0.3, 0.4) is 0 Å². The van der Waals surface area contributed by atoms with E-state index < -0.39 is 22.6 Å². The zero-order valence-corrected chi connectivity index (χ0v) is 16.3. The van der Waals surface area contributed by atoms with Gasteiger partial charge >= 0.3 is 0 Å². The Morgan fingerprint density at radius 2 is 1.86 bits per heavy atom. The minimum absolute atomic E-state index is 0.00544. The lowest BCUT2D eigenvalue weighted by molar-refractivity contribution is 0.398. The van der Waals surface area contributed by atoms with Crippen LogP contribution < -0.4 is 14.8 Å². The first-order valence-electron chi connectivity index (χ1n) is 8.13. The first-order chi connectivity index (χ1) is 13.5. The molecular formula is C19H16ClF2N3O2S. The van der Waals surface area contributed by atoms with Crippen molar-refractivity contribution in [3.63, 3.8) is 0 Å². The van der Waals surface area contributed by atoms with Crippen LogP contribution >= 0.6 is 11.6 Å². The Morgan fingerprint density at radius 1 is 1.11 bits per heavy atom. The highest BCUT2D eigenvalue weighted by molar-refractivity contribution is 7.86. The van der Waals surface area contributed by atoms with Gasteiger partial charge in [-0.25, -0.2) is 18.0 Å². The molecule has 1 atom stereocenters. The third-order valence-corrected chi connectivity index (χ3v) is 5.35. The number of methoxy groups -OCH3 is 1. The number of halogens is 3. The molecule has 0 saturated heterocycles. The largest absolute Gasteiger partial charge is 0.481 e. The van der Waals surface area contributed by atoms with E-state index in [9.17, 15) is 13.0 Å². The van der Waals surface area contributed by atoms with Gasteiger partial charge in [0.15, 0.2) is 11.0 Å². The molecule has 0 amide bonds. The lowest BCUT2D eigenvalue weighted by Crippen LogP contribution is -2.11. The van der Waals surface area contributed by atoms with Crippen LogP contribution in [-0.2, 0) is 17.5 Å². The Kier molecular flexibility index (Phi) is 6.43. The summed E-state index contributed by atoms with van der Waals surface area (Å²) in [5.74, 6) is -0.722. The Bertz CT molecular complexity index is 983. The smallest absolute Gasteiger partial charge is 0.213 e. The maximum absolute atomic E-state index is 14.4. The summed E-state index contributed by atoms with van der Waals surface area (Å²) in [5.41, 5.74) is 0.650. The van der Waals surface area contributed by atoms with Gasteiger partial charge in [0.05, 0.1) is 29.6 Å². The van der Waals surface area contributed by atoms with Gasteiger partial charge in [-0.15, -0.1) is 0 Å². The predicted octanol–water partition coefficient (Wildman–Crippen LogP) is 4.77. The van der Waals surface area contributed by atoms with Crippen LogP contribution in [0.5, 0.6) is 5.88 Å². The van der Waals surface area contributed by atoms with Gasteiger partial charge in [-0.3, -0.25) is 4.72 Å². The Morgan fingerprint density at radius 3 is 2.54 bits per heavy atom. The van der Waals surface area contributed by atoms with Crippen LogP contribution in [-0.4, -0.2) is 16.3 Å². The molecule has 2 aromatic carbocycles. The van der Waals surface area contributed by atoms with Gasteiger partial charge in [0.1, 0.15) is 11.6 Å². The van der Waals surface area contributed by atoms with Gasteiger partial charge in [0.2, 0.25) is 5.88 Å². The first-order valence-corrected chi connectivity index (χ1v) is 9.66. The van der Waals surface area contributed by atoms with Crippen molar-refractivity contribution in [3.05, 3.63) is 76.9 Å². The maximum Gasteiger partial charge on any atom is 0.213 e. The number of para-hydroxylation sites is 1. The molecule has 2 N–H and O–H groups in total. The van der Waals surface area contributed by atoms with E-state index in [4.69, 9.17) is 16.3 Å². The molecule has 0 spiro atoms. The number of benzene rings is 2. The average molecular weight is 424 g/mol. The van der Waals surface area contributed by atoms with Crippen molar-refractivity contribution in [2.24, 2.45) is 0 Å². The summed E-state index contributed by atoms with van der Waals surface area (Å²) in [6, 6.07) is 11.7. The van der Waals surface area contributed by atoms with Crippen LogP contribution in [0.25, 0.3) is 0 Å². The van der Waals surface area contributed by atoms with Crippen molar-refractivity contribution in [1.29, 1.82) is 0 Å². The topological polar surface area (TPSA) is 63.2 Å². The number of aromatic nitrogens is 1. The monoisotopic (exact) mass is 423 g/mol. The first kappa shape index (κ1) is 20.0. The van der Waals surface area contributed by atoms with E-state index in [2.05, 4.69) is 15.0 Å². The molecule has 0 aliphatic heterocycles. The molecule has 0 radical (unpaired) electrons. The predicted molar refractivity (Wildman–Crippen MR) is 106 cm³/mol. The second-order valence-corrected chi connectivity index (χ2v) is 7.22. The van der Waals surface area contributed by atoms with E-state index in [1.54, 1.807) is 18.2 Å². The molecule has 1 unspecified atom stereocenters. The third-order valence-electron chi connectivity index (χ3n) is 3.83. The summed E-state index contributed by atoms with van der Waals surface area (Å²) in [5, 5.41) is 3.01. The molecule has 28 heavy (non-hydrogen) atoms. The lowest BCUT2D eigenvalue weighted by Gasteiger charge is -2.14. The molecule has 9 heteroatoms. The highest BCUT2D eigenvalue weighted by Gasteiger charge is 2.16. The molecule has 0 aliphatic carbocycles. The highest BCUT2D eigenvalue weighted by Crippen LogP contribution is 2.27. The summed E-state index contributed by atoms with van der Waals surface area (Å²) >= 11 is 6.01. The van der Waals surface area contributed by atoms with Crippen molar-refractivity contribution in [3.8, 4) is 5.88 Å². The molecule has 146 valence electrons. The number of nitrogens with one attached hydrogen (secondary N) is 2. The van der Waals surface area contributed by atoms with Gasteiger partial charge in [0, 0.05) is 23.2 Å². The van der Waals surface area contributed by atoms with E-state index in [1.807, 2.05) is 0 Å². The molecule has 1 heterocycles. The zero-order valence-electron chi connectivity index (χ0n) is 14.7. The third kappa shape index (κ3) is 4.58. The number of anilines is 2. The minimum atomic E-state index is -1.79. The van der Waals surface area contributed by atoms with Crippen molar-refractivity contribution in [2.45, 2.75) is 11.4 Å². The second kappa shape index (κ2) is 8.99. The number of nitrogens with zero attached hydrogens (tertiary/aromatic N) is 1. The SMILES string of the molecule is COc1ccc(NS(=O)c2cccc(F)c2NCc2c(F)cccc2Cl)cn1. The van der Waals surface area contributed by atoms with E-state index in [0.29, 0.717) is 11.6 Å².